The summed E-state index contributed by atoms with van der Waals surface area (Å²) < 4.78 is 18.1. The summed E-state index contributed by atoms with van der Waals surface area (Å²) in [5, 5.41) is 11.4. The quantitative estimate of drug-likeness (QED) is 0.404. The van der Waals surface area contributed by atoms with E-state index in [1.807, 2.05) is 62.4 Å². The van der Waals surface area contributed by atoms with E-state index in [4.69, 9.17) is 14.2 Å². The molecule has 0 spiro atoms. The molecule has 7 nitrogen and oxygen atoms in total. The van der Waals surface area contributed by atoms with Gasteiger partial charge in [0.15, 0.2) is 6.29 Å². The van der Waals surface area contributed by atoms with Crippen LogP contribution >= 0.6 is 0 Å². The zero-order valence-corrected chi connectivity index (χ0v) is 18.2. The minimum absolute atomic E-state index is 0.0661. The topological polar surface area (TPSA) is 85.7 Å². The Bertz CT molecular complexity index is 1260. The van der Waals surface area contributed by atoms with Gasteiger partial charge in [-0.2, -0.15) is 0 Å². The molecule has 0 radical (unpaired) electrons. The number of H-pyrrole nitrogens is 1. The first kappa shape index (κ1) is 21.7. The molecule has 2 aromatic carbocycles. The summed E-state index contributed by atoms with van der Waals surface area (Å²) >= 11 is 0. The van der Waals surface area contributed by atoms with Crippen LogP contribution in [0.4, 0.5) is 0 Å². The van der Waals surface area contributed by atoms with Crippen LogP contribution in [0.1, 0.15) is 31.4 Å². The molecule has 0 aliphatic rings. The number of rotatable bonds is 8. The van der Waals surface area contributed by atoms with Crippen molar-refractivity contribution in [2.24, 2.45) is 0 Å². The van der Waals surface area contributed by atoms with Crippen LogP contribution in [0.5, 0.6) is 11.5 Å². The fourth-order valence-corrected chi connectivity index (χ4v) is 3.50. The van der Waals surface area contributed by atoms with Crippen LogP contribution in [0.3, 0.4) is 0 Å². The lowest BCUT2D eigenvalue weighted by atomic mass is 10.2. The average molecular weight is 434 g/mol. The molecular formula is C25H26N2O5. The molecule has 4 rings (SSSR count). The Balaban J connectivity index is 1.59. The number of hydrogen-bond acceptors (Lipinski definition) is 5. The van der Waals surface area contributed by atoms with Crippen LogP contribution in [0.25, 0.3) is 16.7 Å². The number of aliphatic hydroxyl groups is 1. The Morgan fingerprint density at radius 1 is 1.00 bits per heavy atom. The van der Waals surface area contributed by atoms with Crippen LogP contribution in [0.2, 0.25) is 0 Å². The number of fused-ring (bicyclic) bond motifs is 1. The predicted molar refractivity (Wildman–Crippen MR) is 122 cm³/mol. The lowest BCUT2D eigenvalue weighted by Crippen LogP contribution is -2.17. The minimum Gasteiger partial charge on any atom is -0.497 e. The molecule has 0 aliphatic heterocycles. The van der Waals surface area contributed by atoms with E-state index in [1.165, 1.54) is 6.07 Å². The summed E-state index contributed by atoms with van der Waals surface area (Å²) in [6.45, 7) is 4.13. The standard InChI is InChI=1S/C25H26N2O5/c1-16(2)32-20-10-8-19(9-11-20)27-23(28)12-7-18-14-22(26-24(18)27)25(29)31-15-17-5-4-6-21(13-17)30-3/h4-14,16,25-26,29H,15H2,1-3H3. The first-order valence-electron chi connectivity index (χ1n) is 10.4. The van der Waals surface area contributed by atoms with Gasteiger partial charge in [0.25, 0.3) is 5.56 Å². The van der Waals surface area contributed by atoms with Crippen molar-refractivity contribution in [3.8, 4) is 17.2 Å². The Labute approximate surface area is 185 Å². The van der Waals surface area contributed by atoms with Crippen molar-refractivity contribution < 1.29 is 19.3 Å². The molecular weight excluding hydrogens is 408 g/mol. The highest BCUT2D eigenvalue weighted by atomic mass is 16.6. The van der Waals surface area contributed by atoms with E-state index >= 15 is 0 Å². The van der Waals surface area contributed by atoms with Crippen molar-refractivity contribution in [2.75, 3.05) is 7.11 Å². The highest BCUT2D eigenvalue weighted by Gasteiger charge is 2.15. The number of benzene rings is 2. The third kappa shape index (κ3) is 4.69. The third-order valence-corrected chi connectivity index (χ3v) is 4.97. The largest absolute Gasteiger partial charge is 0.497 e. The molecule has 7 heteroatoms. The average Bonchev–Trinajstić information content (AvgIpc) is 3.22. The van der Waals surface area contributed by atoms with Crippen molar-refractivity contribution >= 4 is 11.0 Å². The summed E-state index contributed by atoms with van der Waals surface area (Å²) in [5.74, 6) is 1.46. The van der Waals surface area contributed by atoms with Gasteiger partial charge in [0, 0.05) is 11.5 Å². The van der Waals surface area contributed by atoms with E-state index in [0.717, 1.165) is 22.4 Å². The SMILES string of the molecule is COc1cccc(COC(O)c2cc3ccc(=O)n(-c4ccc(OC(C)C)cc4)c3[nH]2)c1. The van der Waals surface area contributed by atoms with Gasteiger partial charge in [-0.25, -0.2) is 0 Å². The number of hydrogen-bond donors (Lipinski definition) is 2. The molecule has 4 aromatic rings. The second-order valence-electron chi connectivity index (χ2n) is 7.71. The number of aromatic nitrogens is 2. The lowest BCUT2D eigenvalue weighted by molar-refractivity contribution is -0.114. The van der Waals surface area contributed by atoms with Gasteiger partial charge >= 0.3 is 0 Å². The lowest BCUT2D eigenvalue weighted by Gasteiger charge is -2.12. The molecule has 2 N–H and O–H groups in total. The third-order valence-electron chi connectivity index (χ3n) is 4.97. The van der Waals surface area contributed by atoms with E-state index in [9.17, 15) is 9.90 Å². The molecule has 1 atom stereocenters. The maximum atomic E-state index is 12.7. The highest BCUT2D eigenvalue weighted by molar-refractivity contribution is 5.78. The van der Waals surface area contributed by atoms with Crippen LogP contribution in [-0.2, 0) is 11.3 Å². The normalized spacial score (nSPS) is 12.3. The number of ether oxygens (including phenoxy) is 3. The van der Waals surface area contributed by atoms with Crippen molar-refractivity contribution in [2.45, 2.75) is 32.8 Å². The summed E-state index contributed by atoms with van der Waals surface area (Å²) in [6, 6.07) is 19.8. The Hall–Kier alpha value is -3.55. The summed E-state index contributed by atoms with van der Waals surface area (Å²) in [5.41, 5.74) is 2.42. The second-order valence-corrected chi connectivity index (χ2v) is 7.71. The number of aromatic amines is 1. The van der Waals surface area contributed by atoms with Gasteiger partial charge in [-0.15, -0.1) is 0 Å². The Morgan fingerprint density at radius 2 is 1.78 bits per heavy atom. The zero-order valence-electron chi connectivity index (χ0n) is 18.2. The van der Waals surface area contributed by atoms with Crippen LogP contribution in [0.15, 0.2) is 71.5 Å². The van der Waals surface area contributed by atoms with Crippen molar-refractivity contribution in [1.29, 1.82) is 0 Å². The molecule has 32 heavy (non-hydrogen) atoms. The molecule has 166 valence electrons. The van der Waals surface area contributed by atoms with Crippen LogP contribution in [-0.4, -0.2) is 27.9 Å². The number of aliphatic hydroxyl groups excluding tert-OH is 1. The smallest absolute Gasteiger partial charge is 0.256 e. The first-order valence-corrected chi connectivity index (χ1v) is 10.4. The maximum Gasteiger partial charge on any atom is 0.256 e. The molecule has 0 saturated heterocycles. The van der Waals surface area contributed by atoms with E-state index < -0.39 is 6.29 Å². The molecule has 1 unspecified atom stereocenters. The maximum absolute atomic E-state index is 12.7. The second kappa shape index (κ2) is 9.30. The minimum atomic E-state index is -1.18. The van der Waals surface area contributed by atoms with Crippen molar-refractivity contribution in [1.82, 2.24) is 9.55 Å². The van der Waals surface area contributed by atoms with Crippen LogP contribution < -0.4 is 15.0 Å². The molecule has 0 saturated carbocycles. The molecule has 0 aliphatic carbocycles. The van der Waals surface area contributed by atoms with Gasteiger partial charge in [0.2, 0.25) is 0 Å². The first-order chi connectivity index (χ1) is 15.4. The number of pyridine rings is 1. The van der Waals surface area contributed by atoms with Gasteiger partial charge in [-0.1, -0.05) is 12.1 Å². The van der Waals surface area contributed by atoms with Gasteiger partial charge in [0.1, 0.15) is 17.1 Å². The van der Waals surface area contributed by atoms with E-state index in [-0.39, 0.29) is 18.3 Å². The van der Waals surface area contributed by atoms with E-state index in [0.29, 0.717) is 17.0 Å². The highest BCUT2D eigenvalue weighted by Crippen LogP contribution is 2.24. The molecule has 0 fully saturated rings. The molecule has 2 aromatic heterocycles. The fourth-order valence-electron chi connectivity index (χ4n) is 3.50. The predicted octanol–water partition coefficient (Wildman–Crippen LogP) is 4.32. The van der Waals surface area contributed by atoms with Gasteiger partial charge in [-0.3, -0.25) is 9.36 Å². The van der Waals surface area contributed by atoms with Crippen LogP contribution in [0, 0.1) is 0 Å². The Morgan fingerprint density at radius 3 is 2.50 bits per heavy atom. The summed E-state index contributed by atoms with van der Waals surface area (Å²) in [7, 11) is 1.60. The van der Waals surface area contributed by atoms with Gasteiger partial charge in [-0.05, 0) is 67.9 Å². The van der Waals surface area contributed by atoms with Gasteiger partial charge in [0.05, 0.1) is 31.2 Å². The van der Waals surface area contributed by atoms with Crippen molar-refractivity contribution in [3.63, 3.8) is 0 Å². The summed E-state index contributed by atoms with van der Waals surface area (Å²) in [6.07, 6.45) is -1.12. The zero-order chi connectivity index (χ0) is 22.7. The molecule has 0 bridgehead atoms. The summed E-state index contributed by atoms with van der Waals surface area (Å²) in [4.78, 5) is 15.8. The number of nitrogens with one attached hydrogen (secondary N) is 1. The van der Waals surface area contributed by atoms with Gasteiger partial charge < -0.3 is 24.3 Å². The fraction of sp³-hybridized carbons (Fsp3) is 0.240. The van der Waals surface area contributed by atoms with E-state index in [2.05, 4.69) is 4.98 Å². The molecule has 0 amide bonds. The number of nitrogens with zero attached hydrogens (tertiary/aromatic N) is 1. The monoisotopic (exact) mass is 434 g/mol. The van der Waals surface area contributed by atoms with Crippen molar-refractivity contribution in [3.05, 3.63) is 88.3 Å². The van der Waals surface area contributed by atoms with E-state index in [1.54, 1.807) is 23.8 Å². The number of methoxy groups -OCH3 is 1. The Kier molecular flexibility index (Phi) is 6.30. The molecule has 2 heterocycles.